The van der Waals surface area contributed by atoms with E-state index in [4.69, 9.17) is 11.6 Å². The summed E-state index contributed by atoms with van der Waals surface area (Å²) in [5.74, 6) is -1.85. The van der Waals surface area contributed by atoms with Crippen molar-refractivity contribution in [3.63, 3.8) is 0 Å². The van der Waals surface area contributed by atoms with Crippen LogP contribution in [-0.4, -0.2) is 16.1 Å². The maximum atomic E-state index is 10.4. The minimum Gasteiger partial charge on any atom is -0.540 e. The molecule has 0 aliphatic heterocycles. The minimum absolute atomic E-state index is 0. The van der Waals surface area contributed by atoms with Crippen LogP contribution in [0, 0.1) is 0 Å². The molecule has 0 unspecified atom stereocenters. The topological polar surface area (TPSA) is 79.0 Å². The molecule has 0 atom stereocenters. The van der Waals surface area contributed by atoms with Crippen LogP contribution in [0.2, 0.25) is 5.02 Å². The molecule has 5 nitrogen and oxygen atoms in total. The second-order valence-electron chi connectivity index (χ2n) is 2.72. The zero-order valence-electron chi connectivity index (χ0n) is 8.31. The van der Waals surface area contributed by atoms with Gasteiger partial charge in [0.25, 0.3) is 5.89 Å². The summed E-state index contributed by atoms with van der Waals surface area (Å²) in [4.78, 5) is 14.0. The number of aromatic nitrogens is 2. The van der Waals surface area contributed by atoms with E-state index in [1.807, 2.05) is 0 Å². The maximum Gasteiger partial charge on any atom is 1.00 e. The van der Waals surface area contributed by atoms with Crippen LogP contribution >= 0.6 is 11.6 Å². The molecule has 0 aliphatic carbocycles. The zero-order chi connectivity index (χ0) is 10.8. The molecule has 0 amide bonds. The molecule has 0 aliphatic rings. The fraction of sp³-hybridized carbons (Fsp3) is 0. The van der Waals surface area contributed by atoms with Gasteiger partial charge in [-0.15, -0.1) is 0 Å². The normalized spacial score (nSPS) is 9.56. The first-order chi connectivity index (χ1) is 7.16. The van der Waals surface area contributed by atoms with E-state index in [-0.39, 0.29) is 24.7 Å². The number of nitrogens with zero attached hydrogens (tertiary/aromatic N) is 2. The zero-order valence-corrected chi connectivity index (χ0v) is 9.06. The van der Waals surface area contributed by atoms with Crippen LogP contribution in [0.1, 0.15) is 10.7 Å². The number of hydrogen-bond acceptors (Lipinski definition) is 5. The van der Waals surface area contributed by atoms with Crippen LogP contribution in [0.4, 0.5) is 0 Å². The Balaban J connectivity index is 0.00000128. The number of benzene rings is 1. The van der Waals surface area contributed by atoms with Gasteiger partial charge in [-0.25, -0.2) is 0 Å². The van der Waals surface area contributed by atoms with Crippen LogP contribution < -0.4 is 24.0 Å². The van der Waals surface area contributed by atoms with E-state index >= 15 is 0 Å². The van der Waals surface area contributed by atoms with Crippen molar-refractivity contribution in [2.45, 2.75) is 0 Å². The smallest absolute Gasteiger partial charge is 0.540 e. The van der Waals surface area contributed by atoms with Gasteiger partial charge >= 0.3 is 18.9 Å². The number of halogens is 1. The SMILES string of the molecule is O=C([O-])c1nc(-c2ccc(Cl)cc2)no1.[Li+]. The first-order valence-corrected chi connectivity index (χ1v) is 4.35. The molecule has 0 saturated heterocycles. The third-order valence-corrected chi connectivity index (χ3v) is 1.96. The second kappa shape index (κ2) is 5.17. The molecular formula is C9H4ClLiN2O3. The van der Waals surface area contributed by atoms with E-state index in [9.17, 15) is 9.90 Å². The summed E-state index contributed by atoms with van der Waals surface area (Å²) in [7, 11) is 0. The molecule has 1 aromatic heterocycles. The predicted octanol–water partition coefficient (Wildman–Crippen LogP) is -2.24. The average molecular weight is 231 g/mol. The standard InChI is InChI=1S/C9H5ClN2O3.Li/c10-6-3-1-5(2-4-6)7-11-8(9(13)14)15-12-7;/h1-4H,(H,13,14);/q;+1/p-1. The Morgan fingerprint density at radius 1 is 1.31 bits per heavy atom. The molecule has 0 fully saturated rings. The Morgan fingerprint density at radius 3 is 2.44 bits per heavy atom. The van der Waals surface area contributed by atoms with Crippen LogP contribution in [-0.2, 0) is 0 Å². The molecule has 76 valence electrons. The van der Waals surface area contributed by atoms with Crippen molar-refractivity contribution in [1.29, 1.82) is 0 Å². The molecule has 0 N–H and O–H groups in total. The summed E-state index contributed by atoms with van der Waals surface area (Å²) in [6.45, 7) is 0. The van der Waals surface area contributed by atoms with E-state index in [0.717, 1.165) is 0 Å². The summed E-state index contributed by atoms with van der Waals surface area (Å²) in [5.41, 5.74) is 0.621. The summed E-state index contributed by atoms with van der Waals surface area (Å²) in [5, 5.41) is 14.4. The number of carboxylic acids is 1. The van der Waals surface area contributed by atoms with Gasteiger partial charge in [0.15, 0.2) is 0 Å². The van der Waals surface area contributed by atoms with Crippen molar-refractivity contribution < 1.29 is 33.3 Å². The minimum atomic E-state index is -1.50. The fourth-order valence-electron chi connectivity index (χ4n) is 1.02. The van der Waals surface area contributed by atoms with Crippen LogP contribution in [0.15, 0.2) is 28.8 Å². The Labute approximate surface area is 108 Å². The summed E-state index contributed by atoms with van der Waals surface area (Å²) < 4.78 is 4.45. The fourth-order valence-corrected chi connectivity index (χ4v) is 1.15. The van der Waals surface area contributed by atoms with Crippen LogP contribution in [0.25, 0.3) is 11.4 Å². The van der Waals surface area contributed by atoms with E-state index in [1.165, 1.54) is 0 Å². The molecule has 0 radical (unpaired) electrons. The van der Waals surface area contributed by atoms with Gasteiger partial charge in [-0.3, -0.25) is 0 Å². The van der Waals surface area contributed by atoms with Gasteiger partial charge in [0.05, 0.1) is 0 Å². The van der Waals surface area contributed by atoms with Crippen molar-refractivity contribution in [3.05, 3.63) is 35.2 Å². The van der Waals surface area contributed by atoms with Gasteiger partial charge in [-0.2, -0.15) is 4.98 Å². The molecule has 0 saturated carbocycles. The monoisotopic (exact) mass is 230 g/mol. The predicted molar refractivity (Wildman–Crippen MR) is 49.1 cm³/mol. The third kappa shape index (κ3) is 2.64. The van der Waals surface area contributed by atoms with E-state index in [2.05, 4.69) is 14.7 Å². The summed E-state index contributed by atoms with van der Waals surface area (Å²) in [6.07, 6.45) is 0. The van der Waals surface area contributed by atoms with E-state index in [1.54, 1.807) is 24.3 Å². The Morgan fingerprint density at radius 2 is 1.94 bits per heavy atom. The van der Waals surface area contributed by atoms with Crippen molar-refractivity contribution in [2.75, 3.05) is 0 Å². The van der Waals surface area contributed by atoms with Crippen molar-refractivity contribution in [3.8, 4) is 11.4 Å². The number of carbonyl (C=O) groups is 1. The number of aromatic carboxylic acids is 1. The van der Waals surface area contributed by atoms with Crippen LogP contribution in [0.3, 0.4) is 0 Å². The largest absolute Gasteiger partial charge is 1.00 e. The van der Waals surface area contributed by atoms with Gasteiger partial charge in [0, 0.05) is 10.6 Å². The Hall–Kier alpha value is -1.28. The first kappa shape index (κ1) is 12.8. The number of hydrogen-bond donors (Lipinski definition) is 0. The molecule has 1 aromatic carbocycles. The van der Waals surface area contributed by atoms with E-state index < -0.39 is 11.9 Å². The van der Waals surface area contributed by atoms with Gasteiger partial charge in [-0.1, -0.05) is 16.8 Å². The Bertz CT molecular complexity index is 498. The van der Waals surface area contributed by atoms with Gasteiger partial charge < -0.3 is 14.4 Å². The third-order valence-electron chi connectivity index (χ3n) is 1.70. The van der Waals surface area contributed by atoms with Gasteiger partial charge in [-0.05, 0) is 24.3 Å². The van der Waals surface area contributed by atoms with E-state index in [0.29, 0.717) is 10.6 Å². The molecule has 0 bridgehead atoms. The van der Waals surface area contributed by atoms with Gasteiger partial charge in [0.1, 0.15) is 5.97 Å². The number of carbonyl (C=O) groups excluding carboxylic acids is 1. The number of carboxylic acid groups (broad SMARTS) is 1. The maximum absolute atomic E-state index is 10.4. The summed E-state index contributed by atoms with van der Waals surface area (Å²) in [6, 6.07) is 6.61. The first-order valence-electron chi connectivity index (χ1n) is 3.98. The van der Waals surface area contributed by atoms with Crippen molar-refractivity contribution >= 4 is 17.6 Å². The average Bonchev–Trinajstić information content (AvgIpc) is 2.68. The second-order valence-corrected chi connectivity index (χ2v) is 3.15. The molecule has 7 heteroatoms. The summed E-state index contributed by atoms with van der Waals surface area (Å²) >= 11 is 5.69. The molecular weight excluding hydrogens is 227 g/mol. The van der Waals surface area contributed by atoms with Crippen molar-refractivity contribution in [2.24, 2.45) is 0 Å². The number of rotatable bonds is 2. The van der Waals surface area contributed by atoms with Crippen molar-refractivity contribution in [1.82, 2.24) is 10.1 Å². The molecule has 2 aromatic rings. The molecule has 0 spiro atoms. The Kier molecular flexibility index (Phi) is 4.13. The van der Waals surface area contributed by atoms with Crippen LogP contribution in [0.5, 0.6) is 0 Å². The molecule has 1 heterocycles. The quantitative estimate of drug-likeness (QED) is 0.545. The molecule has 16 heavy (non-hydrogen) atoms. The van der Waals surface area contributed by atoms with Gasteiger partial charge in [0.2, 0.25) is 5.82 Å². The molecule has 2 rings (SSSR count).